The summed E-state index contributed by atoms with van der Waals surface area (Å²) in [4.78, 5) is 44.6. The molecule has 1 atom stereocenters. The lowest BCUT2D eigenvalue weighted by atomic mass is 10.0. The highest BCUT2D eigenvalue weighted by Crippen LogP contribution is 2.33. The lowest BCUT2D eigenvalue weighted by molar-refractivity contribution is 0.0730. The summed E-state index contributed by atoms with van der Waals surface area (Å²) in [6.45, 7) is 7.06. The number of H-pyrrole nitrogens is 1. The molecule has 1 fully saturated rings. The lowest BCUT2D eigenvalue weighted by Crippen LogP contribution is -2.40. The van der Waals surface area contributed by atoms with Gasteiger partial charge in [0.05, 0.1) is 18.3 Å². The summed E-state index contributed by atoms with van der Waals surface area (Å²) in [5, 5.41) is 0. The van der Waals surface area contributed by atoms with Crippen LogP contribution in [0.5, 0.6) is 0 Å². The summed E-state index contributed by atoms with van der Waals surface area (Å²) in [5.41, 5.74) is 3.34. The maximum Gasteiger partial charge on any atom is 0.254 e. The largest absolute Gasteiger partial charge is 0.332 e. The van der Waals surface area contributed by atoms with Crippen molar-refractivity contribution in [1.82, 2.24) is 24.8 Å². The van der Waals surface area contributed by atoms with Gasteiger partial charge in [-0.3, -0.25) is 19.5 Å². The van der Waals surface area contributed by atoms with Crippen molar-refractivity contribution in [2.24, 2.45) is 0 Å². The SMILES string of the molecule is Cc1cc(CN2CCC[C@@H]2c2nc3c(c(=O)[nH]2)CCN(C(=O)c2ccncc2)C3)c(C)s1. The van der Waals surface area contributed by atoms with Gasteiger partial charge in [-0.05, 0) is 63.4 Å². The van der Waals surface area contributed by atoms with Crippen LogP contribution in [0.3, 0.4) is 0 Å². The number of nitrogens with one attached hydrogen (secondary N) is 1. The third-order valence-corrected chi connectivity index (χ3v) is 7.51. The molecular weight excluding hydrogens is 422 g/mol. The summed E-state index contributed by atoms with van der Waals surface area (Å²) >= 11 is 1.83. The molecule has 3 aromatic rings. The monoisotopic (exact) mass is 449 g/mol. The Morgan fingerprint density at radius 3 is 2.81 bits per heavy atom. The minimum Gasteiger partial charge on any atom is -0.332 e. The molecule has 0 saturated carbocycles. The molecule has 0 bridgehead atoms. The van der Waals surface area contributed by atoms with Gasteiger partial charge in [0.15, 0.2) is 0 Å². The van der Waals surface area contributed by atoms with Crippen molar-refractivity contribution in [3.63, 3.8) is 0 Å². The molecule has 5 rings (SSSR count). The minimum atomic E-state index is -0.0598. The van der Waals surface area contributed by atoms with Crippen molar-refractivity contribution >= 4 is 17.2 Å². The number of pyridine rings is 1. The van der Waals surface area contributed by atoms with E-state index in [-0.39, 0.29) is 17.5 Å². The Hall–Kier alpha value is -2.84. The number of aryl methyl sites for hydroxylation is 2. The second-order valence-electron chi connectivity index (χ2n) is 8.66. The molecular formula is C24H27N5O2S. The molecule has 0 aliphatic carbocycles. The van der Waals surface area contributed by atoms with Crippen LogP contribution in [-0.4, -0.2) is 43.7 Å². The highest BCUT2D eigenvalue weighted by molar-refractivity contribution is 7.12. The van der Waals surface area contributed by atoms with Gasteiger partial charge in [-0.1, -0.05) is 0 Å². The first-order valence-corrected chi connectivity index (χ1v) is 11.9. The third-order valence-electron chi connectivity index (χ3n) is 6.50. The molecule has 166 valence electrons. The summed E-state index contributed by atoms with van der Waals surface area (Å²) < 4.78 is 0. The highest BCUT2D eigenvalue weighted by Gasteiger charge is 2.31. The molecule has 2 aliphatic heterocycles. The smallest absolute Gasteiger partial charge is 0.254 e. The average molecular weight is 450 g/mol. The van der Waals surface area contributed by atoms with Gasteiger partial charge in [0.1, 0.15) is 5.82 Å². The Labute approximate surface area is 191 Å². The van der Waals surface area contributed by atoms with E-state index in [1.165, 1.54) is 15.3 Å². The van der Waals surface area contributed by atoms with Gasteiger partial charge in [-0.15, -0.1) is 11.3 Å². The summed E-state index contributed by atoms with van der Waals surface area (Å²) in [7, 11) is 0. The molecule has 3 aromatic heterocycles. The van der Waals surface area contributed by atoms with Gasteiger partial charge < -0.3 is 9.88 Å². The maximum absolute atomic E-state index is 12.9. The van der Waals surface area contributed by atoms with Crippen LogP contribution in [0.15, 0.2) is 35.4 Å². The number of carbonyl (C=O) groups is 1. The second-order valence-corrected chi connectivity index (χ2v) is 10.1. The molecule has 8 heteroatoms. The van der Waals surface area contributed by atoms with E-state index in [0.29, 0.717) is 30.6 Å². The minimum absolute atomic E-state index is 0.0486. The van der Waals surface area contributed by atoms with E-state index in [1.54, 1.807) is 29.4 Å². The quantitative estimate of drug-likeness (QED) is 0.660. The number of thiophene rings is 1. The fourth-order valence-electron chi connectivity index (χ4n) is 4.85. The van der Waals surface area contributed by atoms with E-state index >= 15 is 0 Å². The van der Waals surface area contributed by atoms with Gasteiger partial charge in [-0.2, -0.15) is 0 Å². The van der Waals surface area contributed by atoms with Crippen molar-refractivity contribution in [1.29, 1.82) is 0 Å². The maximum atomic E-state index is 12.9. The Kier molecular flexibility index (Phi) is 5.65. The van der Waals surface area contributed by atoms with E-state index in [9.17, 15) is 9.59 Å². The van der Waals surface area contributed by atoms with Gasteiger partial charge in [0.2, 0.25) is 0 Å². The predicted molar refractivity (Wildman–Crippen MR) is 124 cm³/mol. The number of hydrogen-bond acceptors (Lipinski definition) is 6. The van der Waals surface area contributed by atoms with Crippen molar-refractivity contribution in [2.45, 2.75) is 52.2 Å². The number of rotatable bonds is 4. The fraction of sp³-hybridized carbons (Fsp3) is 0.417. The van der Waals surface area contributed by atoms with Crippen LogP contribution in [-0.2, 0) is 19.5 Å². The first kappa shape index (κ1) is 21.0. The Balaban J connectivity index is 1.39. The lowest BCUT2D eigenvalue weighted by Gasteiger charge is -2.29. The van der Waals surface area contributed by atoms with Crippen LogP contribution in [0.4, 0.5) is 0 Å². The van der Waals surface area contributed by atoms with Crippen LogP contribution in [0.1, 0.15) is 61.6 Å². The van der Waals surface area contributed by atoms with Gasteiger partial charge in [0.25, 0.3) is 11.5 Å². The third kappa shape index (κ3) is 4.00. The first-order chi connectivity index (χ1) is 15.5. The molecule has 0 spiro atoms. The van der Waals surface area contributed by atoms with E-state index in [2.05, 4.69) is 34.8 Å². The normalized spacial score (nSPS) is 18.7. The van der Waals surface area contributed by atoms with Crippen LogP contribution >= 0.6 is 11.3 Å². The van der Waals surface area contributed by atoms with Gasteiger partial charge in [0, 0.05) is 46.4 Å². The predicted octanol–water partition coefficient (Wildman–Crippen LogP) is 3.38. The Morgan fingerprint density at radius 2 is 2.06 bits per heavy atom. The Bertz CT molecular complexity index is 1200. The van der Waals surface area contributed by atoms with Crippen LogP contribution in [0, 0.1) is 13.8 Å². The standard InChI is InChI=1S/C24H27N5O2S/c1-15-12-18(16(2)32-15)13-28-10-3-4-21(28)22-26-20-14-29(11-7-19(20)23(30)27-22)24(31)17-5-8-25-9-6-17/h5-6,8-9,12,21H,3-4,7,10-11,13-14H2,1-2H3,(H,26,27,30)/t21-/m1/s1. The van der Waals surface area contributed by atoms with Gasteiger partial charge >= 0.3 is 0 Å². The number of nitrogens with zero attached hydrogens (tertiary/aromatic N) is 4. The van der Waals surface area contributed by atoms with Gasteiger partial charge in [-0.25, -0.2) is 4.98 Å². The summed E-state index contributed by atoms with van der Waals surface area (Å²) in [6.07, 6.45) is 5.83. The number of likely N-dealkylation sites (tertiary alicyclic amines) is 1. The molecule has 0 radical (unpaired) electrons. The fourth-order valence-corrected chi connectivity index (χ4v) is 5.79. The molecule has 1 saturated heterocycles. The first-order valence-electron chi connectivity index (χ1n) is 11.1. The number of aromatic nitrogens is 3. The molecule has 2 aliphatic rings. The average Bonchev–Trinajstić information content (AvgIpc) is 3.39. The van der Waals surface area contributed by atoms with Crippen molar-refractivity contribution < 1.29 is 4.79 Å². The molecule has 1 N–H and O–H groups in total. The van der Waals surface area contributed by atoms with E-state index in [1.807, 2.05) is 11.3 Å². The van der Waals surface area contributed by atoms with Crippen LogP contribution in [0.2, 0.25) is 0 Å². The zero-order valence-corrected chi connectivity index (χ0v) is 19.2. The zero-order chi connectivity index (χ0) is 22.2. The van der Waals surface area contributed by atoms with E-state index in [4.69, 9.17) is 4.98 Å². The highest BCUT2D eigenvalue weighted by atomic mass is 32.1. The summed E-state index contributed by atoms with van der Waals surface area (Å²) in [5.74, 6) is 0.682. The summed E-state index contributed by atoms with van der Waals surface area (Å²) in [6, 6.07) is 5.80. The number of carbonyl (C=O) groups excluding carboxylic acids is 1. The molecule has 0 aromatic carbocycles. The molecule has 1 amide bonds. The van der Waals surface area contributed by atoms with Crippen LogP contribution in [0.25, 0.3) is 0 Å². The zero-order valence-electron chi connectivity index (χ0n) is 18.4. The second kappa shape index (κ2) is 8.60. The molecule has 0 unspecified atom stereocenters. The van der Waals surface area contributed by atoms with Crippen molar-refractivity contribution in [3.05, 3.63) is 78.9 Å². The number of aromatic amines is 1. The Morgan fingerprint density at radius 1 is 1.25 bits per heavy atom. The number of fused-ring (bicyclic) bond motifs is 1. The van der Waals surface area contributed by atoms with Crippen molar-refractivity contribution in [2.75, 3.05) is 13.1 Å². The van der Waals surface area contributed by atoms with Crippen LogP contribution < -0.4 is 5.56 Å². The van der Waals surface area contributed by atoms with E-state index in [0.717, 1.165) is 37.4 Å². The number of hydrogen-bond donors (Lipinski definition) is 1. The number of amides is 1. The van der Waals surface area contributed by atoms with E-state index < -0.39 is 0 Å². The topological polar surface area (TPSA) is 82.2 Å². The molecule has 5 heterocycles. The van der Waals surface area contributed by atoms with Crippen molar-refractivity contribution in [3.8, 4) is 0 Å². The molecule has 32 heavy (non-hydrogen) atoms. The molecule has 7 nitrogen and oxygen atoms in total.